The Balaban J connectivity index is 2.98. The molecule has 1 rings (SSSR count). The van der Waals surface area contributed by atoms with E-state index in [1.807, 2.05) is 0 Å². The average molecular weight is 202 g/mol. The van der Waals surface area contributed by atoms with E-state index in [0.29, 0.717) is 5.56 Å². The van der Waals surface area contributed by atoms with Gasteiger partial charge in [-0.3, -0.25) is 0 Å². The van der Waals surface area contributed by atoms with Crippen molar-refractivity contribution in [1.82, 2.24) is 0 Å². The molecule has 4 heteroatoms. The molecule has 1 aromatic rings. The Morgan fingerprint density at radius 3 is 2.29 bits per heavy atom. The van der Waals surface area contributed by atoms with Crippen molar-refractivity contribution in [2.24, 2.45) is 0 Å². The minimum absolute atomic E-state index is 0.0748. The van der Waals surface area contributed by atoms with Crippen molar-refractivity contribution in [2.75, 3.05) is 13.7 Å². The number of rotatable bonds is 4. The molecule has 0 aromatic heterocycles. The molecule has 0 radical (unpaired) electrons. The third-order valence-electron chi connectivity index (χ3n) is 1.89. The van der Waals surface area contributed by atoms with Crippen LogP contribution in [0, 0.1) is 11.6 Å². The summed E-state index contributed by atoms with van der Waals surface area (Å²) < 4.78 is 31.1. The number of ether oxygens (including phenoxy) is 1. The van der Waals surface area contributed by atoms with Crippen LogP contribution in [-0.4, -0.2) is 18.8 Å². The second kappa shape index (κ2) is 5.02. The summed E-state index contributed by atoms with van der Waals surface area (Å²) in [6.07, 6.45) is 0.251. The Morgan fingerprint density at radius 2 is 1.86 bits per heavy atom. The molecule has 14 heavy (non-hydrogen) atoms. The minimum Gasteiger partial charge on any atom is -0.396 e. The SMILES string of the molecule is COCc1c(F)cc(CCO)cc1F. The maximum Gasteiger partial charge on any atom is 0.131 e. The molecule has 0 saturated carbocycles. The zero-order valence-corrected chi connectivity index (χ0v) is 7.89. The topological polar surface area (TPSA) is 29.5 Å². The number of halogens is 2. The molecule has 0 heterocycles. The lowest BCUT2D eigenvalue weighted by atomic mass is 10.1. The van der Waals surface area contributed by atoms with E-state index in [1.54, 1.807) is 0 Å². The van der Waals surface area contributed by atoms with Crippen molar-refractivity contribution in [1.29, 1.82) is 0 Å². The molecule has 0 unspecified atom stereocenters. The first-order chi connectivity index (χ1) is 6.69. The number of aliphatic hydroxyl groups excluding tert-OH is 1. The maximum absolute atomic E-state index is 13.2. The highest BCUT2D eigenvalue weighted by atomic mass is 19.1. The molecule has 0 amide bonds. The van der Waals surface area contributed by atoms with Crippen molar-refractivity contribution < 1.29 is 18.6 Å². The molecule has 0 spiro atoms. The quantitative estimate of drug-likeness (QED) is 0.804. The first-order valence-electron chi connectivity index (χ1n) is 4.25. The molecule has 0 aliphatic heterocycles. The summed E-state index contributed by atoms with van der Waals surface area (Å²) in [4.78, 5) is 0. The Hall–Kier alpha value is -1.00. The lowest BCUT2D eigenvalue weighted by molar-refractivity contribution is 0.177. The normalized spacial score (nSPS) is 10.6. The smallest absolute Gasteiger partial charge is 0.131 e. The fourth-order valence-electron chi connectivity index (χ4n) is 1.21. The second-order valence-electron chi connectivity index (χ2n) is 2.94. The molecule has 2 nitrogen and oxygen atoms in total. The summed E-state index contributed by atoms with van der Waals surface area (Å²) in [6, 6.07) is 2.43. The van der Waals surface area contributed by atoms with Crippen LogP contribution in [0.5, 0.6) is 0 Å². The molecule has 0 bridgehead atoms. The third-order valence-corrected chi connectivity index (χ3v) is 1.89. The molecule has 1 aromatic carbocycles. The molecule has 1 N–H and O–H groups in total. The van der Waals surface area contributed by atoms with Crippen LogP contribution >= 0.6 is 0 Å². The number of benzene rings is 1. The van der Waals surface area contributed by atoms with Gasteiger partial charge in [0.15, 0.2) is 0 Å². The summed E-state index contributed by atoms with van der Waals surface area (Å²) >= 11 is 0. The number of aliphatic hydroxyl groups is 1. The standard InChI is InChI=1S/C10H12F2O2/c1-14-6-8-9(11)4-7(2-3-13)5-10(8)12/h4-5,13H,2-3,6H2,1H3. The van der Waals surface area contributed by atoms with Gasteiger partial charge in [0.05, 0.1) is 6.61 Å². The summed E-state index contributed by atoms with van der Waals surface area (Å²) in [5.41, 5.74) is 0.372. The van der Waals surface area contributed by atoms with Crippen molar-refractivity contribution in [3.8, 4) is 0 Å². The molecule has 0 aliphatic carbocycles. The molecule has 0 atom stereocenters. The highest BCUT2D eigenvalue weighted by molar-refractivity contribution is 5.26. The van der Waals surface area contributed by atoms with E-state index < -0.39 is 11.6 Å². The predicted molar refractivity (Wildman–Crippen MR) is 47.9 cm³/mol. The monoisotopic (exact) mass is 202 g/mol. The van der Waals surface area contributed by atoms with E-state index in [0.717, 1.165) is 0 Å². The number of methoxy groups -OCH3 is 1. The van der Waals surface area contributed by atoms with Crippen LogP contribution < -0.4 is 0 Å². The van der Waals surface area contributed by atoms with Crippen molar-refractivity contribution in [3.63, 3.8) is 0 Å². The van der Waals surface area contributed by atoms with Crippen LogP contribution in [0.1, 0.15) is 11.1 Å². The molecular formula is C10H12F2O2. The number of hydrogen-bond donors (Lipinski definition) is 1. The van der Waals surface area contributed by atoms with Gasteiger partial charge < -0.3 is 9.84 Å². The van der Waals surface area contributed by atoms with Gasteiger partial charge in [-0.05, 0) is 24.1 Å². The van der Waals surface area contributed by atoms with E-state index in [9.17, 15) is 8.78 Å². The van der Waals surface area contributed by atoms with Crippen LogP contribution in [0.15, 0.2) is 12.1 Å². The van der Waals surface area contributed by atoms with E-state index in [2.05, 4.69) is 4.74 Å². The van der Waals surface area contributed by atoms with Crippen molar-refractivity contribution in [3.05, 3.63) is 34.9 Å². The van der Waals surface area contributed by atoms with Crippen LogP contribution in [0.25, 0.3) is 0 Å². The van der Waals surface area contributed by atoms with Crippen LogP contribution in [0.4, 0.5) is 8.78 Å². The zero-order chi connectivity index (χ0) is 10.6. The average Bonchev–Trinajstić information content (AvgIpc) is 2.12. The van der Waals surface area contributed by atoms with E-state index in [-0.39, 0.29) is 25.2 Å². The maximum atomic E-state index is 13.2. The Morgan fingerprint density at radius 1 is 1.29 bits per heavy atom. The van der Waals surface area contributed by atoms with Gasteiger partial charge in [-0.2, -0.15) is 0 Å². The molecule has 0 saturated heterocycles. The second-order valence-corrected chi connectivity index (χ2v) is 2.94. The first-order valence-corrected chi connectivity index (χ1v) is 4.25. The Labute approximate surface area is 81.1 Å². The highest BCUT2D eigenvalue weighted by Gasteiger charge is 2.10. The third kappa shape index (κ3) is 2.49. The van der Waals surface area contributed by atoms with Crippen LogP contribution in [0.2, 0.25) is 0 Å². The van der Waals surface area contributed by atoms with E-state index in [1.165, 1.54) is 19.2 Å². The lowest BCUT2D eigenvalue weighted by Gasteiger charge is -2.06. The lowest BCUT2D eigenvalue weighted by Crippen LogP contribution is -2.01. The molecular weight excluding hydrogens is 190 g/mol. The zero-order valence-electron chi connectivity index (χ0n) is 7.89. The number of hydrogen-bond acceptors (Lipinski definition) is 2. The van der Waals surface area contributed by atoms with Crippen LogP contribution in [-0.2, 0) is 17.8 Å². The van der Waals surface area contributed by atoms with Crippen molar-refractivity contribution in [2.45, 2.75) is 13.0 Å². The summed E-state index contributed by atoms with van der Waals surface area (Å²) in [7, 11) is 1.38. The Bertz CT molecular complexity index is 290. The van der Waals surface area contributed by atoms with Gasteiger partial charge in [0.25, 0.3) is 0 Å². The fraction of sp³-hybridized carbons (Fsp3) is 0.400. The van der Waals surface area contributed by atoms with Crippen molar-refractivity contribution >= 4 is 0 Å². The van der Waals surface area contributed by atoms with Gasteiger partial charge >= 0.3 is 0 Å². The van der Waals surface area contributed by atoms with Gasteiger partial charge in [-0.25, -0.2) is 8.78 Å². The predicted octanol–water partition coefficient (Wildman–Crippen LogP) is 1.65. The first kappa shape index (κ1) is 11.1. The highest BCUT2D eigenvalue weighted by Crippen LogP contribution is 2.16. The largest absolute Gasteiger partial charge is 0.396 e. The van der Waals surface area contributed by atoms with Gasteiger partial charge in [-0.15, -0.1) is 0 Å². The minimum atomic E-state index is -0.629. The van der Waals surface area contributed by atoms with Gasteiger partial charge in [0, 0.05) is 19.3 Å². The van der Waals surface area contributed by atoms with Gasteiger partial charge in [0.1, 0.15) is 11.6 Å². The summed E-state index contributed by atoms with van der Waals surface area (Å²) in [5.74, 6) is -1.26. The molecule has 0 aliphatic rings. The van der Waals surface area contributed by atoms with E-state index >= 15 is 0 Å². The summed E-state index contributed by atoms with van der Waals surface area (Å²) in [6.45, 7) is -0.209. The molecule has 0 fully saturated rings. The van der Waals surface area contributed by atoms with Gasteiger partial charge in [0.2, 0.25) is 0 Å². The molecule has 78 valence electrons. The summed E-state index contributed by atoms with van der Waals surface area (Å²) in [5, 5.41) is 8.60. The van der Waals surface area contributed by atoms with Gasteiger partial charge in [-0.1, -0.05) is 0 Å². The van der Waals surface area contributed by atoms with E-state index in [4.69, 9.17) is 5.11 Å². The fourth-order valence-corrected chi connectivity index (χ4v) is 1.21. The van der Waals surface area contributed by atoms with Crippen LogP contribution in [0.3, 0.4) is 0 Å². The Kier molecular flexibility index (Phi) is 3.98.